The van der Waals surface area contributed by atoms with E-state index in [9.17, 15) is 13.2 Å². The molecule has 5 N–H and O–H groups in total. The average molecular weight is 390 g/mol. The van der Waals surface area contributed by atoms with Gasteiger partial charge in [-0.15, -0.1) is 11.3 Å². The first-order valence-corrected chi connectivity index (χ1v) is 8.82. The molecule has 1 amide bonds. The topological polar surface area (TPSA) is 115 Å². The van der Waals surface area contributed by atoms with Gasteiger partial charge in [-0.1, -0.05) is 0 Å². The van der Waals surface area contributed by atoms with Gasteiger partial charge in [-0.3, -0.25) is 4.79 Å². The zero-order chi connectivity index (χ0) is 15.6. The Morgan fingerprint density at radius 1 is 1.29 bits per heavy atom. The van der Waals surface area contributed by atoms with E-state index in [1.165, 1.54) is 29.5 Å². The van der Waals surface area contributed by atoms with Crippen LogP contribution in [0.5, 0.6) is 0 Å². The third kappa shape index (κ3) is 3.82. The molecule has 0 aliphatic heterocycles. The third-order valence-electron chi connectivity index (χ3n) is 2.65. The van der Waals surface area contributed by atoms with Gasteiger partial charge in [0.1, 0.15) is 4.90 Å². The Hall–Kier alpha value is -1.42. The highest BCUT2D eigenvalue weighted by atomic mass is 79.9. The molecule has 1 aromatic carbocycles. The van der Waals surface area contributed by atoms with Crippen LogP contribution in [-0.4, -0.2) is 14.3 Å². The average Bonchev–Trinajstić information content (AvgIpc) is 2.82. The molecule has 0 spiro atoms. The number of halogens is 1. The molecule has 9 heteroatoms. The number of nitrogens with one attached hydrogen (secondary N) is 1. The normalized spacial score (nSPS) is 11.5. The van der Waals surface area contributed by atoms with Crippen molar-refractivity contribution in [2.75, 3.05) is 5.73 Å². The number of amides is 1. The monoisotopic (exact) mass is 389 g/mol. The minimum Gasteiger partial charge on any atom is -0.398 e. The Kier molecular flexibility index (Phi) is 4.67. The number of hydrogen-bond donors (Lipinski definition) is 3. The number of thiophene rings is 1. The summed E-state index contributed by atoms with van der Waals surface area (Å²) in [6.45, 7) is 0.162. The predicted octanol–water partition coefficient (Wildman–Crippen LogP) is 1.67. The number of carbonyl (C=O) groups is 1. The summed E-state index contributed by atoms with van der Waals surface area (Å²) in [5.74, 6) is -0.665. The lowest BCUT2D eigenvalue weighted by atomic mass is 10.2. The minimum atomic E-state index is -3.76. The van der Waals surface area contributed by atoms with Crippen molar-refractivity contribution in [2.45, 2.75) is 11.4 Å². The number of nitrogens with two attached hydrogens (primary N) is 2. The summed E-state index contributed by atoms with van der Waals surface area (Å²) in [4.78, 5) is 11.8. The quantitative estimate of drug-likeness (QED) is 0.674. The molecule has 0 fully saturated rings. The van der Waals surface area contributed by atoms with Crippen molar-refractivity contribution in [1.29, 1.82) is 0 Å². The molecular formula is C12H12BrN3O3S2. The number of hydrogen-bond acceptors (Lipinski definition) is 5. The Labute approximate surface area is 134 Å². The highest BCUT2D eigenvalue weighted by molar-refractivity contribution is 9.11. The van der Waals surface area contributed by atoms with Crippen molar-refractivity contribution < 1.29 is 13.2 Å². The number of primary amides is 1. The molecule has 0 aliphatic carbocycles. The van der Waals surface area contributed by atoms with Crippen molar-refractivity contribution in [1.82, 2.24) is 4.72 Å². The van der Waals surface area contributed by atoms with Crippen LogP contribution < -0.4 is 16.2 Å². The number of benzene rings is 1. The van der Waals surface area contributed by atoms with Gasteiger partial charge in [0.2, 0.25) is 15.9 Å². The number of rotatable bonds is 5. The maximum atomic E-state index is 12.2. The molecule has 0 saturated heterocycles. The second kappa shape index (κ2) is 6.14. The molecule has 0 atom stereocenters. The Morgan fingerprint density at radius 3 is 2.52 bits per heavy atom. The van der Waals surface area contributed by atoms with Gasteiger partial charge in [-0.2, -0.15) is 0 Å². The zero-order valence-corrected chi connectivity index (χ0v) is 13.9. The number of sulfonamides is 1. The van der Waals surface area contributed by atoms with Crippen LogP contribution in [0, 0.1) is 0 Å². The molecule has 0 radical (unpaired) electrons. The number of anilines is 1. The van der Waals surface area contributed by atoms with Crippen molar-refractivity contribution in [2.24, 2.45) is 5.73 Å². The summed E-state index contributed by atoms with van der Waals surface area (Å²) in [6, 6.07) is 7.50. The van der Waals surface area contributed by atoms with Gasteiger partial charge in [-0.25, -0.2) is 13.1 Å². The van der Waals surface area contributed by atoms with E-state index in [2.05, 4.69) is 20.7 Å². The molecule has 6 nitrogen and oxygen atoms in total. The lowest BCUT2D eigenvalue weighted by Crippen LogP contribution is -2.24. The smallest absolute Gasteiger partial charge is 0.248 e. The molecule has 0 aliphatic rings. The van der Waals surface area contributed by atoms with Crippen LogP contribution in [0.4, 0.5) is 5.69 Å². The first-order valence-electron chi connectivity index (χ1n) is 5.73. The molecule has 0 unspecified atom stereocenters. The maximum Gasteiger partial charge on any atom is 0.248 e. The fourth-order valence-corrected chi connectivity index (χ4v) is 4.27. The van der Waals surface area contributed by atoms with Crippen molar-refractivity contribution in [3.63, 3.8) is 0 Å². The summed E-state index contributed by atoms with van der Waals surface area (Å²) in [5, 5.41) is 0. The summed E-state index contributed by atoms with van der Waals surface area (Å²) in [5.41, 5.74) is 10.9. The van der Waals surface area contributed by atoms with E-state index >= 15 is 0 Å². The first-order chi connectivity index (χ1) is 9.79. The highest BCUT2D eigenvalue weighted by Crippen LogP contribution is 2.23. The maximum absolute atomic E-state index is 12.2. The molecule has 112 valence electrons. The largest absolute Gasteiger partial charge is 0.398 e. The summed E-state index contributed by atoms with van der Waals surface area (Å²) >= 11 is 4.74. The standard InChI is InChI=1S/C12H12BrN3O3S2/c13-11-4-2-8(20-11)6-16-21(18,19)10-3-1-7(12(15)17)5-9(10)14/h1-5,16H,6,14H2,(H2,15,17). The second-order valence-corrected chi connectivity index (χ2v) is 8.43. The summed E-state index contributed by atoms with van der Waals surface area (Å²) < 4.78 is 27.8. The SMILES string of the molecule is NC(=O)c1ccc(S(=O)(=O)NCc2ccc(Br)s2)c(N)c1. The summed E-state index contributed by atoms with van der Waals surface area (Å²) in [6.07, 6.45) is 0. The molecule has 1 heterocycles. The Balaban J connectivity index is 2.21. The molecular weight excluding hydrogens is 378 g/mol. The van der Waals surface area contributed by atoms with Crippen LogP contribution in [0.1, 0.15) is 15.2 Å². The lowest BCUT2D eigenvalue weighted by Gasteiger charge is -2.09. The molecule has 2 rings (SSSR count). The van der Waals surface area contributed by atoms with E-state index in [0.29, 0.717) is 0 Å². The molecule has 0 bridgehead atoms. The fourth-order valence-electron chi connectivity index (χ4n) is 1.64. The molecule has 1 aromatic heterocycles. The van der Waals surface area contributed by atoms with E-state index in [1.54, 1.807) is 0 Å². The van der Waals surface area contributed by atoms with Crippen molar-refractivity contribution in [3.05, 3.63) is 44.6 Å². The number of carbonyl (C=O) groups excluding carboxylic acids is 1. The van der Waals surface area contributed by atoms with E-state index in [-0.39, 0.29) is 22.7 Å². The zero-order valence-electron chi connectivity index (χ0n) is 10.7. The Morgan fingerprint density at radius 2 is 2.00 bits per heavy atom. The molecule has 2 aromatic rings. The van der Waals surface area contributed by atoms with Gasteiger partial charge < -0.3 is 11.5 Å². The van der Waals surface area contributed by atoms with Crippen LogP contribution >= 0.6 is 27.3 Å². The third-order valence-corrected chi connectivity index (χ3v) is 5.75. The lowest BCUT2D eigenvalue weighted by molar-refractivity contribution is 0.1000. The van der Waals surface area contributed by atoms with Crippen LogP contribution in [0.3, 0.4) is 0 Å². The summed E-state index contributed by atoms with van der Waals surface area (Å²) in [7, 11) is -3.76. The van der Waals surface area contributed by atoms with E-state index in [4.69, 9.17) is 11.5 Å². The minimum absolute atomic E-state index is 0.0221. The van der Waals surface area contributed by atoms with Gasteiger partial charge in [0, 0.05) is 17.0 Å². The van der Waals surface area contributed by atoms with E-state index < -0.39 is 15.9 Å². The van der Waals surface area contributed by atoms with Gasteiger partial charge in [0.25, 0.3) is 0 Å². The van der Waals surface area contributed by atoms with Gasteiger partial charge in [-0.05, 0) is 46.3 Å². The second-order valence-electron chi connectivity index (χ2n) is 4.15. The van der Waals surface area contributed by atoms with Gasteiger partial charge >= 0.3 is 0 Å². The Bertz CT molecular complexity index is 787. The molecule has 0 saturated carbocycles. The van der Waals surface area contributed by atoms with E-state index in [1.807, 2.05) is 12.1 Å². The van der Waals surface area contributed by atoms with Crippen LogP contribution in [-0.2, 0) is 16.6 Å². The van der Waals surface area contributed by atoms with Crippen LogP contribution in [0.25, 0.3) is 0 Å². The first kappa shape index (κ1) is 16.0. The van der Waals surface area contributed by atoms with Crippen molar-refractivity contribution >= 4 is 48.9 Å². The van der Waals surface area contributed by atoms with Crippen LogP contribution in [0.2, 0.25) is 0 Å². The van der Waals surface area contributed by atoms with Gasteiger partial charge in [0.05, 0.1) is 9.47 Å². The van der Waals surface area contributed by atoms with E-state index in [0.717, 1.165) is 8.66 Å². The van der Waals surface area contributed by atoms with Crippen LogP contribution in [0.15, 0.2) is 39.0 Å². The highest BCUT2D eigenvalue weighted by Gasteiger charge is 2.18. The molecule has 21 heavy (non-hydrogen) atoms. The van der Waals surface area contributed by atoms with Gasteiger partial charge in [0.15, 0.2) is 0 Å². The predicted molar refractivity (Wildman–Crippen MR) is 85.4 cm³/mol. The number of nitrogen functional groups attached to an aromatic ring is 1. The fraction of sp³-hybridized carbons (Fsp3) is 0.0833. The van der Waals surface area contributed by atoms with Crippen molar-refractivity contribution in [3.8, 4) is 0 Å².